The number of halogens is 1. The van der Waals surface area contributed by atoms with Crippen molar-refractivity contribution < 1.29 is 4.39 Å². The Balaban J connectivity index is 1.77. The second-order valence-corrected chi connectivity index (χ2v) is 5.40. The Morgan fingerprint density at radius 3 is 2.71 bits per heavy atom. The second kappa shape index (κ2) is 5.65. The first-order valence-electron chi connectivity index (χ1n) is 6.67. The smallest absolute Gasteiger partial charge is 0.201 e. The van der Waals surface area contributed by atoms with E-state index >= 15 is 0 Å². The van der Waals surface area contributed by atoms with Crippen LogP contribution < -0.4 is 10.6 Å². The first kappa shape index (κ1) is 13.8. The van der Waals surface area contributed by atoms with Gasteiger partial charge in [-0.15, -0.1) is 0 Å². The zero-order valence-electron chi connectivity index (χ0n) is 11.4. The topological polar surface area (TPSA) is 52.2 Å². The molecule has 108 valence electrons. The van der Waals surface area contributed by atoms with Gasteiger partial charge >= 0.3 is 0 Å². The van der Waals surface area contributed by atoms with Gasteiger partial charge in [-0.05, 0) is 24.6 Å². The molecule has 0 bridgehead atoms. The van der Waals surface area contributed by atoms with Crippen LogP contribution in [0.25, 0.3) is 5.70 Å². The molecule has 1 aromatic heterocycles. The van der Waals surface area contributed by atoms with Gasteiger partial charge in [0.25, 0.3) is 0 Å². The molecule has 0 amide bonds. The molecule has 21 heavy (non-hydrogen) atoms. The number of dihydropyridines is 1. The number of hydrogen-bond donors (Lipinski definition) is 3. The van der Waals surface area contributed by atoms with E-state index in [9.17, 15) is 4.39 Å². The minimum Gasteiger partial charge on any atom is -0.385 e. The molecule has 0 fully saturated rings. The summed E-state index contributed by atoms with van der Waals surface area (Å²) in [6, 6.07) is 3.59. The number of aromatic amines is 1. The van der Waals surface area contributed by atoms with E-state index in [1.165, 1.54) is 0 Å². The molecule has 0 radical (unpaired) electrons. The van der Waals surface area contributed by atoms with Gasteiger partial charge in [0, 0.05) is 24.7 Å². The maximum atomic E-state index is 13.8. The normalized spacial score (nSPS) is 23.9. The molecule has 6 heteroatoms. The minimum absolute atomic E-state index is 0.0183. The van der Waals surface area contributed by atoms with Gasteiger partial charge in [-0.25, -0.2) is 0 Å². The number of aromatic nitrogens is 1. The van der Waals surface area contributed by atoms with Gasteiger partial charge in [0.1, 0.15) is 4.64 Å². The Morgan fingerprint density at radius 1 is 1.24 bits per heavy atom. The van der Waals surface area contributed by atoms with Crippen LogP contribution in [0.4, 0.5) is 4.39 Å². The summed E-state index contributed by atoms with van der Waals surface area (Å²) in [7, 11) is 0. The van der Waals surface area contributed by atoms with E-state index in [4.69, 9.17) is 12.2 Å². The summed E-state index contributed by atoms with van der Waals surface area (Å²) in [5.74, 6) is -0.474. The molecular weight excluding hydrogens is 287 g/mol. The predicted octanol–water partition coefficient (Wildman–Crippen LogP) is 2.66. The van der Waals surface area contributed by atoms with E-state index in [1.807, 2.05) is 6.20 Å². The van der Waals surface area contributed by atoms with Crippen LogP contribution in [-0.2, 0) is 0 Å². The summed E-state index contributed by atoms with van der Waals surface area (Å²) in [4.78, 5) is 6.83. The fourth-order valence-electron chi connectivity index (χ4n) is 2.16. The summed E-state index contributed by atoms with van der Waals surface area (Å²) < 4.78 is 14.2. The van der Waals surface area contributed by atoms with Crippen LogP contribution in [0, 0.1) is 10.6 Å². The molecule has 3 rings (SSSR count). The number of nitrogens with zero attached hydrogens (tertiary/aromatic N) is 1. The standard InChI is InChI=1S/C15H15FN4S/c1-9-2-3-10(6-17-9)12-7-19-13(8-18-12)11-4-5-14(21)20-15(11)16/h2-9,12,17-18H,1H3,(H,20,21). The Labute approximate surface area is 127 Å². The van der Waals surface area contributed by atoms with Crippen molar-refractivity contribution in [3.05, 3.63) is 58.4 Å². The minimum atomic E-state index is -0.474. The molecule has 0 aromatic carbocycles. The number of hydrogen-bond acceptors (Lipinski definition) is 4. The van der Waals surface area contributed by atoms with E-state index in [2.05, 4.69) is 39.7 Å². The lowest BCUT2D eigenvalue weighted by molar-refractivity contribution is 0.577. The monoisotopic (exact) mass is 302 g/mol. The molecule has 2 aliphatic heterocycles. The lowest BCUT2D eigenvalue weighted by Crippen LogP contribution is -2.33. The molecule has 3 N–H and O–H groups in total. The van der Waals surface area contributed by atoms with E-state index in [0.717, 1.165) is 5.57 Å². The Bertz CT molecular complexity index is 729. The van der Waals surface area contributed by atoms with Crippen LogP contribution in [0.2, 0.25) is 0 Å². The first-order valence-corrected chi connectivity index (χ1v) is 7.08. The van der Waals surface area contributed by atoms with Gasteiger partial charge < -0.3 is 15.6 Å². The largest absolute Gasteiger partial charge is 0.385 e. The number of rotatable bonds is 2. The van der Waals surface area contributed by atoms with Crippen molar-refractivity contribution in [2.45, 2.75) is 19.0 Å². The highest BCUT2D eigenvalue weighted by Crippen LogP contribution is 2.20. The maximum Gasteiger partial charge on any atom is 0.201 e. The van der Waals surface area contributed by atoms with E-state index in [-0.39, 0.29) is 6.04 Å². The van der Waals surface area contributed by atoms with E-state index in [1.54, 1.807) is 24.5 Å². The lowest BCUT2D eigenvalue weighted by atomic mass is 10.0. The van der Waals surface area contributed by atoms with Gasteiger partial charge in [0.15, 0.2) is 0 Å². The molecule has 3 heterocycles. The molecule has 1 aromatic rings. The van der Waals surface area contributed by atoms with E-state index in [0.29, 0.717) is 21.9 Å². The van der Waals surface area contributed by atoms with Crippen molar-refractivity contribution in [3.8, 4) is 0 Å². The summed E-state index contributed by atoms with van der Waals surface area (Å²) in [5.41, 5.74) is 2.02. The third-order valence-corrected chi connectivity index (χ3v) is 3.60. The van der Waals surface area contributed by atoms with Crippen molar-refractivity contribution in [1.29, 1.82) is 0 Å². The fraction of sp³-hybridized carbons (Fsp3) is 0.200. The van der Waals surface area contributed by atoms with Crippen molar-refractivity contribution in [2.24, 2.45) is 4.99 Å². The molecule has 0 spiro atoms. The summed E-state index contributed by atoms with van der Waals surface area (Å²) in [6.45, 7) is 2.08. The second-order valence-electron chi connectivity index (χ2n) is 4.96. The van der Waals surface area contributed by atoms with Crippen LogP contribution in [0.1, 0.15) is 12.5 Å². The average Bonchev–Trinajstić information content (AvgIpc) is 2.48. The van der Waals surface area contributed by atoms with Gasteiger partial charge in [-0.1, -0.05) is 24.4 Å². The van der Waals surface area contributed by atoms with Crippen molar-refractivity contribution in [2.75, 3.05) is 0 Å². The SMILES string of the molecule is CC1C=CC(C2C=NC(c3ccc(=S)[nH]c3F)=CN2)=CN1. The third-order valence-electron chi connectivity index (χ3n) is 3.36. The van der Waals surface area contributed by atoms with Crippen molar-refractivity contribution >= 4 is 24.1 Å². The number of H-pyrrole nitrogens is 1. The van der Waals surface area contributed by atoms with Crippen LogP contribution in [0.5, 0.6) is 0 Å². The quantitative estimate of drug-likeness (QED) is 0.581. The third kappa shape index (κ3) is 2.95. The molecule has 2 unspecified atom stereocenters. The highest BCUT2D eigenvalue weighted by Gasteiger charge is 2.16. The Morgan fingerprint density at radius 2 is 2.10 bits per heavy atom. The highest BCUT2D eigenvalue weighted by atomic mass is 32.1. The van der Waals surface area contributed by atoms with Gasteiger partial charge in [0.05, 0.1) is 17.3 Å². The molecule has 0 saturated carbocycles. The molecule has 0 saturated heterocycles. The zero-order valence-corrected chi connectivity index (χ0v) is 12.2. The fourth-order valence-corrected chi connectivity index (χ4v) is 2.32. The van der Waals surface area contributed by atoms with Crippen LogP contribution >= 0.6 is 12.2 Å². The Hall–Kier alpha value is -2.21. The van der Waals surface area contributed by atoms with Crippen LogP contribution in [-0.4, -0.2) is 23.3 Å². The van der Waals surface area contributed by atoms with Crippen molar-refractivity contribution in [3.63, 3.8) is 0 Å². The molecule has 0 aliphatic carbocycles. The van der Waals surface area contributed by atoms with Gasteiger partial charge in [-0.2, -0.15) is 4.39 Å². The number of pyridine rings is 1. The first-order chi connectivity index (χ1) is 10.1. The molecule has 2 atom stereocenters. The van der Waals surface area contributed by atoms with E-state index < -0.39 is 5.95 Å². The maximum absolute atomic E-state index is 13.8. The zero-order chi connectivity index (χ0) is 14.8. The van der Waals surface area contributed by atoms with Crippen molar-refractivity contribution in [1.82, 2.24) is 15.6 Å². The number of aliphatic imine (C=N–C) groups is 1. The van der Waals surface area contributed by atoms with Gasteiger partial charge in [0.2, 0.25) is 5.95 Å². The Kier molecular flexibility index (Phi) is 3.70. The summed E-state index contributed by atoms with van der Waals surface area (Å²) in [5, 5.41) is 6.46. The lowest BCUT2D eigenvalue weighted by Gasteiger charge is -2.22. The average molecular weight is 302 g/mol. The van der Waals surface area contributed by atoms with Crippen LogP contribution in [0.15, 0.2) is 47.3 Å². The molecule has 4 nitrogen and oxygen atoms in total. The predicted molar refractivity (Wildman–Crippen MR) is 84.8 cm³/mol. The van der Waals surface area contributed by atoms with Crippen LogP contribution in [0.3, 0.4) is 0 Å². The summed E-state index contributed by atoms with van der Waals surface area (Å²) >= 11 is 4.88. The number of nitrogens with one attached hydrogen (secondary N) is 3. The molecular formula is C15H15FN4S. The highest BCUT2D eigenvalue weighted by molar-refractivity contribution is 7.71. The summed E-state index contributed by atoms with van der Waals surface area (Å²) in [6.07, 6.45) is 9.59. The van der Waals surface area contributed by atoms with Gasteiger partial charge in [-0.3, -0.25) is 4.99 Å². The molecule has 2 aliphatic rings.